The summed E-state index contributed by atoms with van der Waals surface area (Å²) in [6, 6.07) is 2.30. The Morgan fingerprint density at radius 3 is 2.50 bits per heavy atom. The van der Waals surface area contributed by atoms with Crippen LogP contribution in [0.5, 0.6) is 0 Å². The topological polar surface area (TPSA) is 92.8 Å². The van der Waals surface area contributed by atoms with Gasteiger partial charge in [0.15, 0.2) is 0 Å². The van der Waals surface area contributed by atoms with Gasteiger partial charge in [-0.25, -0.2) is 4.79 Å². The highest BCUT2D eigenvalue weighted by atomic mass is 32.1. The Kier molecular flexibility index (Phi) is 3.69. The molecule has 1 atom stereocenters. The Bertz CT molecular complexity index is 664. The number of imide groups is 1. The number of nitrogens with one attached hydrogen (secondary N) is 1. The molecule has 3 rings (SSSR count). The van der Waals surface area contributed by atoms with Crippen LogP contribution in [0.2, 0.25) is 0 Å². The van der Waals surface area contributed by atoms with Crippen molar-refractivity contribution in [3.8, 4) is 0 Å². The number of nitrogens with zero attached hydrogens (tertiary/aromatic N) is 1. The zero-order chi connectivity index (χ0) is 15.9. The second-order valence-corrected chi connectivity index (χ2v) is 6.32. The molecule has 1 aromatic rings. The van der Waals surface area contributed by atoms with E-state index < -0.39 is 17.9 Å². The number of carbonyl (C=O) groups excluding carboxylic acids is 4. The lowest BCUT2D eigenvalue weighted by Gasteiger charge is -2.26. The second kappa shape index (κ2) is 5.53. The molecule has 7 nitrogen and oxygen atoms in total. The molecule has 22 heavy (non-hydrogen) atoms. The summed E-state index contributed by atoms with van der Waals surface area (Å²) in [5, 5.41) is 2.23. The van der Waals surface area contributed by atoms with Crippen LogP contribution in [0.15, 0.2) is 12.1 Å². The number of amides is 3. The Balaban J connectivity index is 1.84. The average Bonchev–Trinajstić information content (AvgIpc) is 3.09. The van der Waals surface area contributed by atoms with E-state index in [9.17, 15) is 19.2 Å². The van der Waals surface area contributed by atoms with Gasteiger partial charge in [0.1, 0.15) is 10.9 Å². The van der Waals surface area contributed by atoms with Crippen molar-refractivity contribution in [2.24, 2.45) is 0 Å². The summed E-state index contributed by atoms with van der Waals surface area (Å²) in [5.41, 5.74) is 0. The smallest absolute Gasteiger partial charge is 0.348 e. The molecule has 0 unspecified atom stereocenters. The number of ether oxygens (including phenoxy) is 1. The number of thiophene rings is 1. The van der Waals surface area contributed by atoms with Crippen LogP contribution in [0.4, 0.5) is 0 Å². The van der Waals surface area contributed by atoms with Crippen LogP contribution in [0.3, 0.4) is 0 Å². The minimum atomic E-state index is -0.754. The molecule has 3 amide bonds. The van der Waals surface area contributed by atoms with Gasteiger partial charge in [-0.15, -0.1) is 11.3 Å². The maximum Gasteiger partial charge on any atom is 0.348 e. The minimum Gasteiger partial charge on any atom is -0.465 e. The molecule has 1 aromatic heterocycles. The van der Waals surface area contributed by atoms with Gasteiger partial charge in [0.05, 0.1) is 18.4 Å². The standard InChI is InChI=1S/C14H14N2O5S/c1-21-14(20)10-5-4-9(22-10)13(19)16(7-2-3-7)8-6-11(17)15-12(8)18/h4-5,7-8H,2-3,6H2,1H3,(H,15,17,18)/t8-/m0/s1. The van der Waals surface area contributed by atoms with Crippen molar-refractivity contribution < 1.29 is 23.9 Å². The van der Waals surface area contributed by atoms with Gasteiger partial charge in [0.2, 0.25) is 11.8 Å². The van der Waals surface area contributed by atoms with Gasteiger partial charge in [-0.2, -0.15) is 0 Å². The van der Waals surface area contributed by atoms with Gasteiger partial charge in [0.25, 0.3) is 5.91 Å². The zero-order valence-corrected chi connectivity index (χ0v) is 12.6. The monoisotopic (exact) mass is 322 g/mol. The number of carbonyl (C=O) groups is 4. The Morgan fingerprint density at radius 2 is 1.95 bits per heavy atom. The molecule has 2 heterocycles. The maximum atomic E-state index is 12.7. The first-order valence-corrected chi connectivity index (χ1v) is 7.67. The molecule has 8 heteroatoms. The molecule has 0 radical (unpaired) electrons. The molecule has 1 N–H and O–H groups in total. The van der Waals surface area contributed by atoms with Crippen LogP contribution in [0, 0.1) is 0 Å². The van der Waals surface area contributed by atoms with E-state index in [4.69, 9.17) is 0 Å². The zero-order valence-electron chi connectivity index (χ0n) is 11.8. The SMILES string of the molecule is COC(=O)c1ccc(C(=O)N(C2CC2)[C@H]2CC(=O)NC2=O)s1. The van der Waals surface area contributed by atoms with Crippen LogP contribution < -0.4 is 5.32 Å². The van der Waals surface area contributed by atoms with E-state index in [0.717, 1.165) is 24.2 Å². The van der Waals surface area contributed by atoms with Gasteiger partial charge >= 0.3 is 5.97 Å². The third-order valence-corrected chi connectivity index (χ3v) is 4.71. The van der Waals surface area contributed by atoms with Crippen molar-refractivity contribution in [3.63, 3.8) is 0 Å². The van der Waals surface area contributed by atoms with E-state index in [2.05, 4.69) is 10.1 Å². The molecule has 2 aliphatic rings. The van der Waals surface area contributed by atoms with E-state index in [-0.39, 0.29) is 24.3 Å². The van der Waals surface area contributed by atoms with E-state index in [1.807, 2.05) is 0 Å². The van der Waals surface area contributed by atoms with E-state index in [0.29, 0.717) is 9.75 Å². The van der Waals surface area contributed by atoms with Gasteiger partial charge < -0.3 is 9.64 Å². The van der Waals surface area contributed by atoms with Crippen molar-refractivity contribution in [1.82, 2.24) is 10.2 Å². The minimum absolute atomic E-state index is 0.00366. The summed E-state index contributed by atoms with van der Waals surface area (Å²) in [7, 11) is 1.27. The van der Waals surface area contributed by atoms with Crippen LogP contribution in [-0.4, -0.2) is 47.8 Å². The molecule has 1 aliphatic heterocycles. The highest BCUT2D eigenvalue weighted by Crippen LogP contribution is 2.33. The fourth-order valence-electron chi connectivity index (χ4n) is 2.47. The summed E-state index contributed by atoms with van der Waals surface area (Å²) in [6.07, 6.45) is 1.63. The molecule has 2 fully saturated rings. The van der Waals surface area contributed by atoms with Crippen molar-refractivity contribution >= 4 is 35.0 Å². The fraction of sp³-hybridized carbons (Fsp3) is 0.429. The predicted molar refractivity (Wildman–Crippen MR) is 76.4 cm³/mol. The van der Waals surface area contributed by atoms with E-state index >= 15 is 0 Å². The van der Waals surface area contributed by atoms with Crippen molar-refractivity contribution in [2.75, 3.05) is 7.11 Å². The summed E-state index contributed by atoms with van der Waals surface area (Å²) >= 11 is 1.03. The molecular weight excluding hydrogens is 308 g/mol. The second-order valence-electron chi connectivity index (χ2n) is 5.23. The molecule has 1 saturated carbocycles. The Labute approximate surface area is 130 Å². The van der Waals surface area contributed by atoms with E-state index in [1.54, 1.807) is 6.07 Å². The highest BCUT2D eigenvalue weighted by molar-refractivity contribution is 7.15. The Hall–Kier alpha value is -2.22. The summed E-state index contributed by atoms with van der Waals surface area (Å²) in [6.45, 7) is 0. The normalized spacial score (nSPS) is 20.7. The number of methoxy groups -OCH3 is 1. The lowest BCUT2D eigenvalue weighted by atomic mass is 10.2. The lowest BCUT2D eigenvalue weighted by molar-refractivity contribution is -0.126. The third-order valence-electron chi connectivity index (χ3n) is 3.66. The molecule has 116 valence electrons. The number of rotatable bonds is 4. The van der Waals surface area contributed by atoms with Crippen LogP contribution in [0.1, 0.15) is 38.6 Å². The molecule has 1 saturated heterocycles. The van der Waals surface area contributed by atoms with Gasteiger partial charge in [-0.05, 0) is 25.0 Å². The molecular formula is C14H14N2O5S. The quantitative estimate of drug-likeness (QED) is 0.646. The predicted octanol–water partition coefficient (Wildman–Crippen LogP) is 0.554. The molecule has 0 spiro atoms. The number of hydrogen-bond acceptors (Lipinski definition) is 6. The summed E-state index contributed by atoms with van der Waals surface area (Å²) in [4.78, 5) is 49.6. The van der Waals surface area contributed by atoms with Crippen molar-refractivity contribution in [3.05, 3.63) is 21.9 Å². The molecule has 1 aliphatic carbocycles. The first-order valence-electron chi connectivity index (χ1n) is 6.85. The molecule has 0 aromatic carbocycles. The van der Waals surface area contributed by atoms with E-state index in [1.165, 1.54) is 18.1 Å². The fourth-order valence-corrected chi connectivity index (χ4v) is 3.34. The number of hydrogen-bond donors (Lipinski definition) is 1. The van der Waals surface area contributed by atoms with Crippen molar-refractivity contribution in [1.29, 1.82) is 0 Å². The van der Waals surface area contributed by atoms with Crippen LogP contribution >= 0.6 is 11.3 Å². The van der Waals surface area contributed by atoms with Crippen LogP contribution in [0.25, 0.3) is 0 Å². The third kappa shape index (κ3) is 2.61. The largest absolute Gasteiger partial charge is 0.465 e. The molecule has 0 bridgehead atoms. The summed E-state index contributed by atoms with van der Waals surface area (Å²) in [5.74, 6) is -1.63. The first kappa shape index (κ1) is 14.7. The Morgan fingerprint density at radius 1 is 1.27 bits per heavy atom. The van der Waals surface area contributed by atoms with Crippen LogP contribution in [-0.2, 0) is 14.3 Å². The first-order chi connectivity index (χ1) is 10.5. The lowest BCUT2D eigenvalue weighted by Crippen LogP contribution is -2.45. The maximum absolute atomic E-state index is 12.7. The van der Waals surface area contributed by atoms with Gasteiger partial charge in [0, 0.05) is 6.04 Å². The van der Waals surface area contributed by atoms with Crippen molar-refractivity contribution in [2.45, 2.75) is 31.3 Å². The number of esters is 1. The average molecular weight is 322 g/mol. The summed E-state index contributed by atoms with van der Waals surface area (Å²) < 4.78 is 4.62. The highest BCUT2D eigenvalue weighted by Gasteiger charge is 2.45. The van der Waals surface area contributed by atoms with Gasteiger partial charge in [-0.1, -0.05) is 0 Å². The van der Waals surface area contributed by atoms with Gasteiger partial charge in [-0.3, -0.25) is 19.7 Å².